The molecule has 1 aliphatic rings. The van der Waals surface area contributed by atoms with E-state index in [1.807, 2.05) is 38.1 Å². The number of para-hydroxylation sites is 2. The third kappa shape index (κ3) is 5.74. The van der Waals surface area contributed by atoms with Crippen LogP contribution in [0.1, 0.15) is 44.5 Å². The Morgan fingerprint density at radius 2 is 1.84 bits per heavy atom. The van der Waals surface area contributed by atoms with Gasteiger partial charge in [0.05, 0.1) is 11.0 Å². The molecule has 2 heterocycles. The zero-order chi connectivity index (χ0) is 22.5. The first-order valence-electron chi connectivity index (χ1n) is 11.7. The van der Waals surface area contributed by atoms with Crippen molar-refractivity contribution >= 4 is 16.9 Å². The van der Waals surface area contributed by atoms with Gasteiger partial charge in [0, 0.05) is 32.0 Å². The number of fused-ring (bicyclic) bond motifs is 1. The fraction of sp³-hybridized carbons (Fsp3) is 0.462. The summed E-state index contributed by atoms with van der Waals surface area (Å²) >= 11 is 0. The van der Waals surface area contributed by atoms with E-state index in [2.05, 4.69) is 26.9 Å². The number of carbonyl (C=O) groups excluding carboxylic acids is 1. The van der Waals surface area contributed by atoms with E-state index >= 15 is 0 Å². The summed E-state index contributed by atoms with van der Waals surface area (Å²) in [5, 5.41) is 2.97. The second-order valence-corrected chi connectivity index (χ2v) is 9.19. The molecule has 0 atom stereocenters. The number of halogens is 1. The number of amides is 1. The van der Waals surface area contributed by atoms with E-state index in [1.165, 1.54) is 12.1 Å². The molecule has 5 nitrogen and oxygen atoms in total. The lowest BCUT2D eigenvalue weighted by molar-refractivity contribution is -0.122. The smallest absolute Gasteiger partial charge is 0.221 e. The van der Waals surface area contributed by atoms with Crippen LogP contribution in [0.4, 0.5) is 4.39 Å². The van der Waals surface area contributed by atoms with E-state index in [0.717, 1.165) is 61.3 Å². The topological polar surface area (TPSA) is 50.2 Å². The number of hydrogen-bond donors (Lipinski definition) is 1. The number of rotatable bonds is 8. The molecule has 6 heteroatoms. The van der Waals surface area contributed by atoms with Crippen molar-refractivity contribution in [2.24, 2.45) is 5.92 Å². The highest BCUT2D eigenvalue weighted by atomic mass is 19.1. The van der Waals surface area contributed by atoms with Crippen LogP contribution in [0.2, 0.25) is 0 Å². The van der Waals surface area contributed by atoms with Crippen LogP contribution in [-0.4, -0.2) is 46.0 Å². The number of imidazole rings is 1. The molecule has 32 heavy (non-hydrogen) atoms. The third-order valence-electron chi connectivity index (χ3n) is 6.27. The van der Waals surface area contributed by atoms with Gasteiger partial charge in [-0.3, -0.25) is 4.79 Å². The molecule has 0 aliphatic carbocycles. The van der Waals surface area contributed by atoms with Gasteiger partial charge in [0.1, 0.15) is 11.6 Å². The molecule has 3 aromatic rings. The second-order valence-electron chi connectivity index (χ2n) is 9.19. The quantitative estimate of drug-likeness (QED) is 0.570. The van der Waals surface area contributed by atoms with E-state index in [0.29, 0.717) is 18.9 Å². The molecule has 1 saturated heterocycles. The van der Waals surface area contributed by atoms with Gasteiger partial charge in [0.2, 0.25) is 5.91 Å². The van der Waals surface area contributed by atoms with Gasteiger partial charge in [0.15, 0.2) is 0 Å². The van der Waals surface area contributed by atoms with Gasteiger partial charge in [0.25, 0.3) is 0 Å². The number of benzene rings is 2. The molecule has 0 saturated carbocycles. The van der Waals surface area contributed by atoms with E-state index in [-0.39, 0.29) is 17.8 Å². The summed E-state index contributed by atoms with van der Waals surface area (Å²) in [5.74, 6) is 1.61. The number of aromatic nitrogens is 2. The largest absolute Gasteiger partial charge is 0.354 e. The molecule has 1 aliphatic heterocycles. The molecule has 0 bridgehead atoms. The number of hydrogen-bond acceptors (Lipinski definition) is 3. The minimum Gasteiger partial charge on any atom is -0.354 e. The SMILES string of the molecule is CC(C)NC(=O)CCN1CCC(Cc2nc3ccccc3n2Cc2ccc(F)cc2)CC1. The molecule has 0 unspecified atom stereocenters. The Labute approximate surface area is 189 Å². The lowest BCUT2D eigenvalue weighted by Gasteiger charge is -2.31. The molecule has 1 aromatic heterocycles. The van der Waals surface area contributed by atoms with E-state index < -0.39 is 0 Å². The predicted octanol–water partition coefficient (Wildman–Crippen LogP) is 4.39. The van der Waals surface area contributed by atoms with Gasteiger partial charge >= 0.3 is 0 Å². The van der Waals surface area contributed by atoms with Crippen LogP contribution in [0, 0.1) is 11.7 Å². The van der Waals surface area contributed by atoms with Crippen molar-refractivity contribution in [1.29, 1.82) is 0 Å². The highest BCUT2D eigenvalue weighted by molar-refractivity contribution is 5.76. The number of nitrogens with zero attached hydrogens (tertiary/aromatic N) is 3. The van der Waals surface area contributed by atoms with E-state index in [1.54, 1.807) is 0 Å². The second kappa shape index (κ2) is 10.3. The summed E-state index contributed by atoms with van der Waals surface area (Å²) in [6, 6.07) is 15.2. The number of piperidine rings is 1. The molecule has 0 radical (unpaired) electrons. The maximum absolute atomic E-state index is 13.3. The van der Waals surface area contributed by atoms with Crippen molar-refractivity contribution in [1.82, 2.24) is 19.8 Å². The van der Waals surface area contributed by atoms with Crippen LogP contribution in [0.3, 0.4) is 0 Å². The average Bonchev–Trinajstić information content (AvgIpc) is 3.11. The molecule has 170 valence electrons. The van der Waals surface area contributed by atoms with Crippen LogP contribution in [0.15, 0.2) is 48.5 Å². The van der Waals surface area contributed by atoms with Crippen LogP contribution in [0.25, 0.3) is 11.0 Å². The predicted molar refractivity (Wildman–Crippen MR) is 126 cm³/mol. The van der Waals surface area contributed by atoms with Crippen molar-refractivity contribution in [2.75, 3.05) is 19.6 Å². The molecule has 1 amide bonds. The van der Waals surface area contributed by atoms with Crippen LogP contribution in [-0.2, 0) is 17.8 Å². The highest BCUT2D eigenvalue weighted by Gasteiger charge is 2.22. The Morgan fingerprint density at radius 1 is 1.12 bits per heavy atom. The first-order chi connectivity index (χ1) is 15.5. The monoisotopic (exact) mass is 436 g/mol. The Kier molecular flexibility index (Phi) is 7.20. The van der Waals surface area contributed by atoms with Crippen molar-refractivity contribution in [3.05, 3.63) is 65.7 Å². The number of likely N-dealkylation sites (tertiary alicyclic amines) is 1. The summed E-state index contributed by atoms with van der Waals surface area (Å²) < 4.78 is 15.6. The van der Waals surface area contributed by atoms with E-state index in [4.69, 9.17) is 4.98 Å². The van der Waals surface area contributed by atoms with Crippen molar-refractivity contribution < 1.29 is 9.18 Å². The summed E-state index contributed by atoms with van der Waals surface area (Å²) in [6.45, 7) is 7.56. The molecular formula is C26H33FN4O. The first-order valence-corrected chi connectivity index (χ1v) is 11.7. The van der Waals surface area contributed by atoms with Gasteiger partial charge < -0.3 is 14.8 Å². The summed E-state index contributed by atoms with van der Waals surface area (Å²) in [4.78, 5) is 19.3. The van der Waals surface area contributed by atoms with Crippen LogP contribution in [0.5, 0.6) is 0 Å². The summed E-state index contributed by atoms with van der Waals surface area (Å²) in [6.07, 6.45) is 3.74. The molecule has 2 aromatic carbocycles. The molecular weight excluding hydrogens is 403 g/mol. The van der Waals surface area contributed by atoms with Crippen molar-refractivity contribution in [2.45, 2.75) is 52.1 Å². The zero-order valence-electron chi connectivity index (χ0n) is 19.1. The number of nitrogens with one attached hydrogen (secondary N) is 1. The van der Waals surface area contributed by atoms with Crippen molar-refractivity contribution in [3.63, 3.8) is 0 Å². The van der Waals surface area contributed by atoms with Gasteiger partial charge in [-0.1, -0.05) is 24.3 Å². The molecule has 4 rings (SSSR count). The minimum atomic E-state index is -0.210. The normalized spacial score (nSPS) is 15.5. The maximum Gasteiger partial charge on any atom is 0.221 e. The van der Waals surface area contributed by atoms with Gasteiger partial charge in [-0.2, -0.15) is 0 Å². The standard InChI is InChI=1S/C26H33FN4O/c1-19(2)28-26(32)13-16-30-14-11-20(12-15-30)17-25-29-23-5-3-4-6-24(23)31(25)18-21-7-9-22(27)10-8-21/h3-10,19-20H,11-18H2,1-2H3,(H,28,32). The fourth-order valence-corrected chi connectivity index (χ4v) is 4.56. The summed E-state index contributed by atoms with van der Waals surface area (Å²) in [7, 11) is 0. The Balaban J connectivity index is 1.39. The van der Waals surface area contributed by atoms with Gasteiger partial charge in [-0.05, 0) is 75.5 Å². The fourth-order valence-electron chi connectivity index (χ4n) is 4.56. The Bertz CT molecular complexity index is 1040. The van der Waals surface area contributed by atoms with Gasteiger partial charge in [-0.25, -0.2) is 9.37 Å². The third-order valence-corrected chi connectivity index (χ3v) is 6.27. The molecule has 1 fully saturated rings. The van der Waals surface area contributed by atoms with E-state index in [9.17, 15) is 9.18 Å². The lowest BCUT2D eigenvalue weighted by Crippen LogP contribution is -2.38. The summed E-state index contributed by atoms with van der Waals surface area (Å²) in [5.41, 5.74) is 3.21. The molecule has 1 N–H and O–H groups in total. The first kappa shape index (κ1) is 22.5. The number of carbonyl (C=O) groups is 1. The Morgan fingerprint density at radius 3 is 2.56 bits per heavy atom. The maximum atomic E-state index is 13.3. The average molecular weight is 437 g/mol. The zero-order valence-corrected chi connectivity index (χ0v) is 19.1. The molecule has 0 spiro atoms. The Hall–Kier alpha value is -2.73. The van der Waals surface area contributed by atoms with Crippen LogP contribution >= 0.6 is 0 Å². The van der Waals surface area contributed by atoms with Crippen LogP contribution < -0.4 is 5.32 Å². The highest BCUT2D eigenvalue weighted by Crippen LogP contribution is 2.25. The van der Waals surface area contributed by atoms with Crippen molar-refractivity contribution in [3.8, 4) is 0 Å². The van der Waals surface area contributed by atoms with Gasteiger partial charge in [-0.15, -0.1) is 0 Å². The lowest BCUT2D eigenvalue weighted by atomic mass is 9.93. The minimum absolute atomic E-state index is 0.136.